The highest BCUT2D eigenvalue weighted by Crippen LogP contribution is 2.06. The normalized spacial score (nSPS) is 20.2. The van der Waals surface area contributed by atoms with Gasteiger partial charge in [-0.2, -0.15) is 5.10 Å². The first-order chi connectivity index (χ1) is 5.29. The lowest BCUT2D eigenvalue weighted by molar-refractivity contribution is 0.865. The van der Waals surface area contributed by atoms with Crippen molar-refractivity contribution in [2.45, 2.75) is 19.3 Å². The summed E-state index contributed by atoms with van der Waals surface area (Å²) >= 11 is 4.60. The summed E-state index contributed by atoms with van der Waals surface area (Å²) in [6, 6.07) is 0. The summed E-state index contributed by atoms with van der Waals surface area (Å²) in [7, 11) is 0. The quantitative estimate of drug-likeness (QED) is 0.453. The summed E-state index contributed by atoms with van der Waals surface area (Å²) in [5, 5.41) is 4.22. The topological polar surface area (TPSA) is 50.4 Å². The highest BCUT2D eigenvalue weighted by atomic mass is 32.1. The number of allylic oxidation sites excluding steroid dienone is 2. The highest BCUT2D eigenvalue weighted by molar-refractivity contribution is 7.80. The van der Waals surface area contributed by atoms with Crippen LogP contribution in [0.3, 0.4) is 0 Å². The molecule has 0 radical (unpaired) electrons. The van der Waals surface area contributed by atoms with Gasteiger partial charge in [-0.15, -0.1) is 0 Å². The van der Waals surface area contributed by atoms with E-state index in [9.17, 15) is 0 Å². The number of hydrazone groups is 1. The number of hydrogen-bond acceptors (Lipinski definition) is 2. The van der Waals surface area contributed by atoms with Crippen molar-refractivity contribution in [1.29, 1.82) is 0 Å². The first-order valence-electron chi connectivity index (χ1n) is 3.57. The summed E-state index contributed by atoms with van der Waals surface area (Å²) < 4.78 is 0. The minimum atomic E-state index is 0.219. The van der Waals surface area contributed by atoms with Crippen molar-refractivity contribution < 1.29 is 0 Å². The maximum absolute atomic E-state index is 5.20. The van der Waals surface area contributed by atoms with Crippen LogP contribution in [0.2, 0.25) is 0 Å². The molecule has 0 aliphatic heterocycles. The number of nitrogens with one attached hydrogen (secondary N) is 1. The summed E-state index contributed by atoms with van der Waals surface area (Å²) in [6.07, 6.45) is 7.41. The Hall–Kier alpha value is -0.900. The van der Waals surface area contributed by atoms with E-state index in [1.54, 1.807) is 0 Å². The molecule has 0 spiro atoms. The third-order valence-corrected chi connectivity index (χ3v) is 1.51. The van der Waals surface area contributed by atoms with Crippen LogP contribution in [0.15, 0.2) is 17.3 Å². The number of hydrogen-bond donors (Lipinski definition) is 2. The molecule has 0 heterocycles. The Morgan fingerprint density at radius 1 is 1.73 bits per heavy atom. The van der Waals surface area contributed by atoms with Gasteiger partial charge in [-0.3, -0.25) is 5.43 Å². The summed E-state index contributed by atoms with van der Waals surface area (Å²) in [5.74, 6) is 0. The highest BCUT2D eigenvalue weighted by Gasteiger charge is 1.99. The molecule has 3 N–H and O–H groups in total. The van der Waals surface area contributed by atoms with E-state index < -0.39 is 0 Å². The molecule has 4 heteroatoms. The SMILES string of the molecule is NC(=S)N/N=C1\C=CCCC1. The lowest BCUT2D eigenvalue weighted by Gasteiger charge is -2.05. The van der Waals surface area contributed by atoms with Crippen LogP contribution < -0.4 is 11.2 Å². The van der Waals surface area contributed by atoms with Gasteiger partial charge in [0.2, 0.25) is 0 Å². The van der Waals surface area contributed by atoms with E-state index in [0.717, 1.165) is 25.0 Å². The maximum atomic E-state index is 5.20. The van der Waals surface area contributed by atoms with Gasteiger partial charge in [0.15, 0.2) is 5.11 Å². The molecule has 0 aromatic carbocycles. The van der Waals surface area contributed by atoms with Gasteiger partial charge >= 0.3 is 0 Å². The fourth-order valence-electron chi connectivity index (χ4n) is 0.924. The lowest BCUT2D eigenvalue weighted by Crippen LogP contribution is -2.25. The maximum Gasteiger partial charge on any atom is 0.184 e. The number of rotatable bonds is 1. The van der Waals surface area contributed by atoms with Gasteiger partial charge in [-0.25, -0.2) is 0 Å². The van der Waals surface area contributed by atoms with Gasteiger partial charge in [0.25, 0.3) is 0 Å². The molecule has 3 nitrogen and oxygen atoms in total. The zero-order valence-corrected chi connectivity index (χ0v) is 7.03. The van der Waals surface area contributed by atoms with Crippen molar-refractivity contribution >= 4 is 23.0 Å². The molecule has 0 atom stereocenters. The smallest absolute Gasteiger partial charge is 0.184 e. The lowest BCUT2D eigenvalue weighted by atomic mass is 10.1. The van der Waals surface area contributed by atoms with Gasteiger partial charge in [-0.05, 0) is 37.6 Å². The van der Waals surface area contributed by atoms with Crippen molar-refractivity contribution in [1.82, 2.24) is 5.43 Å². The zero-order valence-electron chi connectivity index (χ0n) is 6.21. The Kier molecular flexibility index (Phi) is 3.04. The molecular formula is C7H11N3S. The minimum absolute atomic E-state index is 0.219. The molecule has 1 aliphatic rings. The Balaban J connectivity index is 2.44. The van der Waals surface area contributed by atoms with Crippen molar-refractivity contribution in [3.05, 3.63) is 12.2 Å². The molecule has 11 heavy (non-hydrogen) atoms. The molecule has 0 saturated heterocycles. The van der Waals surface area contributed by atoms with Gasteiger partial charge in [-0.1, -0.05) is 6.08 Å². The molecule has 0 saturated carbocycles. The Labute approximate surface area is 71.3 Å². The molecule has 0 unspecified atom stereocenters. The van der Waals surface area contributed by atoms with E-state index in [4.69, 9.17) is 5.73 Å². The fourth-order valence-corrected chi connectivity index (χ4v) is 0.969. The molecule has 1 aliphatic carbocycles. The summed E-state index contributed by atoms with van der Waals surface area (Å²) in [5.41, 5.74) is 8.78. The minimum Gasteiger partial charge on any atom is -0.375 e. The third kappa shape index (κ3) is 3.13. The second-order valence-electron chi connectivity index (χ2n) is 2.37. The van der Waals surface area contributed by atoms with Crippen molar-refractivity contribution in [3.63, 3.8) is 0 Å². The van der Waals surface area contributed by atoms with Gasteiger partial charge in [0, 0.05) is 0 Å². The van der Waals surface area contributed by atoms with Gasteiger partial charge in [0.1, 0.15) is 0 Å². The number of nitrogens with two attached hydrogens (primary N) is 1. The van der Waals surface area contributed by atoms with Gasteiger partial charge < -0.3 is 5.73 Å². The van der Waals surface area contributed by atoms with E-state index in [1.807, 2.05) is 6.08 Å². The van der Waals surface area contributed by atoms with E-state index in [0.29, 0.717) is 0 Å². The van der Waals surface area contributed by atoms with Gasteiger partial charge in [0.05, 0.1) is 5.71 Å². The van der Waals surface area contributed by atoms with Crippen LogP contribution in [0.25, 0.3) is 0 Å². The van der Waals surface area contributed by atoms with E-state index in [-0.39, 0.29) is 5.11 Å². The van der Waals surface area contributed by atoms with Crippen LogP contribution in [-0.4, -0.2) is 10.8 Å². The largest absolute Gasteiger partial charge is 0.375 e. The van der Waals surface area contributed by atoms with Crippen LogP contribution in [0.1, 0.15) is 19.3 Å². The Morgan fingerprint density at radius 2 is 2.55 bits per heavy atom. The molecular weight excluding hydrogens is 158 g/mol. The van der Waals surface area contributed by atoms with E-state index in [2.05, 4.69) is 28.8 Å². The summed E-state index contributed by atoms with van der Waals surface area (Å²) in [6.45, 7) is 0. The second kappa shape index (κ2) is 4.08. The predicted molar refractivity (Wildman–Crippen MR) is 50.3 cm³/mol. The van der Waals surface area contributed by atoms with E-state index >= 15 is 0 Å². The van der Waals surface area contributed by atoms with Crippen LogP contribution in [-0.2, 0) is 0 Å². The first-order valence-corrected chi connectivity index (χ1v) is 3.98. The molecule has 0 fully saturated rings. The standard InChI is InChI=1S/C7H11N3S/c8-7(11)10-9-6-4-2-1-3-5-6/h2,4H,1,3,5H2,(H3,8,10,11)/b9-6+. The second-order valence-corrected chi connectivity index (χ2v) is 2.81. The average molecular weight is 169 g/mol. The molecule has 0 amide bonds. The fraction of sp³-hybridized carbons (Fsp3) is 0.429. The number of thiocarbonyl (C=S) groups is 1. The molecule has 0 aromatic rings. The molecule has 0 bridgehead atoms. The van der Waals surface area contributed by atoms with Crippen LogP contribution >= 0.6 is 12.2 Å². The third-order valence-electron chi connectivity index (χ3n) is 1.42. The predicted octanol–water partition coefficient (Wildman–Crippen LogP) is 0.916. The van der Waals surface area contributed by atoms with Crippen molar-refractivity contribution in [2.24, 2.45) is 10.8 Å². The van der Waals surface area contributed by atoms with Crippen LogP contribution in [0.5, 0.6) is 0 Å². The first kappa shape index (κ1) is 8.20. The zero-order chi connectivity index (χ0) is 8.10. The van der Waals surface area contributed by atoms with E-state index in [1.165, 1.54) is 0 Å². The number of nitrogens with zero attached hydrogens (tertiary/aromatic N) is 1. The molecule has 1 rings (SSSR count). The Bertz CT molecular complexity index is 208. The monoisotopic (exact) mass is 169 g/mol. The van der Waals surface area contributed by atoms with Crippen molar-refractivity contribution in [2.75, 3.05) is 0 Å². The van der Waals surface area contributed by atoms with Crippen LogP contribution in [0.4, 0.5) is 0 Å². The Morgan fingerprint density at radius 3 is 3.09 bits per heavy atom. The molecule has 60 valence electrons. The average Bonchev–Trinajstić information content (AvgIpc) is 2.03. The van der Waals surface area contributed by atoms with Crippen molar-refractivity contribution in [3.8, 4) is 0 Å². The molecule has 0 aromatic heterocycles. The van der Waals surface area contributed by atoms with Crippen LogP contribution in [0, 0.1) is 0 Å². The summed E-state index contributed by atoms with van der Waals surface area (Å²) in [4.78, 5) is 0.